The highest BCUT2D eigenvalue weighted by atomic mass is 19.4. The monoisotopic (exact) mass is 277 g/mol. The van der Waals surface area contributed by atoms with Crippen LogP contribution in [-0.2, 0) is 0 Å². The maximum absolute atomic E-state index is 13.0. The molecule has 2 aliphatic rings. The molecule has 4 unspecified atom stereocenters. The highest BCUT2D eigenvalue weighted by Gasteiger charge is 2.45. The molecule has 0 saturated heterocycles. The van der Waals surface area contributed by atoms with Gasteiger partial charge in [0.05, 0.1) is 5.92 Å². The molecule has 0 amide bonds. The molecule has 2 rings (SSSR count). The Balaban J connectivity index is 1.92. The normalized spacial score (nSPS) is 37.3. The molecule has 19 heavy (non-hydrogen) atoms. The van der Waals surface area contributed by atoms with E-state index in [1.165, 1.54) is 12.8 Å². The minimum atomic E-state index is -4.03. The van der Waals surface area contributed by atoms with Crippen molar-refractivity contribution in [3.8, 4) is 0 Å². The van der Waals surface area contributed by atoms with Gasteiger partial charge in [-0.2, -0.15) is 13.2 Å². The summed E-state index contributed by atoms with van der Waals surface area (Å²) in [5, 5.41) is 3.36. The highest BCUT2D eigenvalue weighted by Crippen LogP contribution is 2.38. The average Bonchev–Trinajstić information content (AvgIpc) is 2.38. The molecule has 112 valence electrons. The zero-order chi connectivity index (χ0) is 13.9. The highest BCUT2D eigenvalue weighted by molar-refractivity contribution is 4.89. The third-order valence-corrected chi connectivity index (χ3v) is 5.00. The Morgan fingerprint density at radius 1 is 1.00 bits per heavy atom. The number of hydrogen-bond acceptors (Lipinski definition) is 1. The van der Waals surface area contributed by atoms with Gasteiger partial charge in [-0.25, -0.2) is 0 Å². The summed E-state index contributed by atoms with van der Waals surface area (Å²) >= 11 is 0. The first kappa shape index (κ1) is 15.1. The van der Waals surface area contributed by atoms with Gasteiger partial charge in [-0.05, 0) is 31.6 Å². The van der Waals surface area contributed by atoms with Gasteiger partial charge in [0.25, 0.3) is 0 Å². The molecule has 4 atom stereocenters. The van der Waals surface area contributed by atoms with E-state index in [0.29, 0.717) is 24.8 Å². The molecular formula is C15H26F3N. The maximum Gasteiger partial charge on any atom is 0.393 e. The van der Waals surface area contributed by atoms with Crippen LogP contribution in [0.1, 0.15) is 64.7 Å². The summed E-state index contributed by atoms with van der Waals surface area (Å²) in [6, 6.07) is -0.0268. The molecule has 1 N–H and O–H groups in total. The number of halogens is 3. The second-order valence-corrected chi connectivity index (χ2v) is 6.34. The van der Waals surface area contributed by atoms with Crippen LogP contribution >= 0.6 is 0 Å². The van der Waals surface area contributed by atoms with Gasteiger partial charge in [0.2, 0.25) is 0 Å². The quantitative estimate of drug-likeness (QED) is 0.790. The lowest BCUT2D eigenvalue weighted by Crippen LogP contribution is -2.50. The van der Waals surface area contributed by atoms with Crippen LogP contribution in [0.3, 0.4) is 0 Å². The second kappa shape index (κ2) is 6.47. The minimum Gasteiger partial charge on any atom is -0.311 e. The lowest BCUT2D eigenvalue weighted by atomic mass is 9.80. The fourth-order valence-corrected chi connectivity index (χ4v) is 3.84. The standard InChI is InChI=1S/C15H26F3N/c1-2-11-6-5-7-12(10-11)19-14-9-4-3-8-13(14)15(16,17)18/h11-14,19H,2-10H2,1H3. The van der Waals surface area contributed by atoms with Crippen LogP contribution in [0, 0.1) is 11.8 Å². The SMILES string of the molecule is CCC1CCCC(NC2CCCCC2C(F)(F)F)C1. The fraction of sp³-hybridized carbons (Fsp3) is 1.00. The number of rotatable bonds is 3. The van der Waals surface area contributed by atoms with Crippen molar-refractivity contribution in [1.29, 1.82) is 0 Å². The van der Waals surface area contributed by atoms with E-state index in [1.807, 2.05) is 0 Å². The summed E-state index contributed by atoms with van der Waals surface area (Å²) in [6.07, 6.45) is 4.33. The van der Waals surface area contributed by atoms with E-state index in [4.69, 9.17) is 0 Å². The molecule has 0 aromatic heterocycles. The van der Waals surface area contributed by atoms with Crippen LogP contribution in [-0.4, -0.2) is 18.3 Å². The zero-order valence-corrected chi connectivity index (χ0v) is 11.8. The lowest BCUT2D eigenvalue weighted by molar-refractivity contribution is -0.189. The summed E-state index contributed by atoms with van der Waals surface area (Å²) in [6.45, 7) is 2.19. The smallest absolute Gasteiger partial charge is 0.311 e. The number of hydrogen-bond donors (Lipinski definition) is 1. The molecule has 2 saturated carbocycles. The Morgan fingerprint density at radius 3 is 2.42 bits per heavy atom. The van der Waals surface area contributed by atoms with Gasteiger partial charge in [-0.1, -0.05) is 39.0 Å². The summed E-state index contributed by atoms with van der Waals surface area (Å²) in [5.41, 5.74) is 0. The van der Waals surface area contributed by atoms with E-state index >= 15 is 0 Å². The molecule has 0 heterocycles. The predicted octanol–water partition coefficient (Wildman–Crippen LogP) is 4.67. The van der Waals surface area contributed by atoms with Gasteiger partial charge in [0.1, 0.15) is 0 Å². The molecule has 1 nitrogen and oxygen atoms in total. The molecule has 0 spiro atoms. The molecule has 0 radical (unpaired) electrons. The third kappa shape index (κ3) is 4.11. The molecule has 0 aromatic carbocycles. The van der Waals surface area contributed by atoms with Gasteiger partial charge in [-0.15, -0.1) is 0 Å². The summed E-state index contributed by atoms with van der Waals surface area (Å²) < 4.78 is 39.1. The van der Waals surface area contributed by atoms with Crippen molar-refractivity contribution in [3.05, 3.63) is 0 Å². The first-order valence-electron chi connectivity index (χ1n) is 7.83. The third-order valence-electron chi connectivity index (χ3n) is 5.00. The van der Waals surface area contributed by atoms with Gasteiger partial charge in [0, 0.05) is 12.1 Å². The van der Waals surface area contributed by atoms with Crippen LogP contribution in [0.5, 0.6) is 0 Å². The van der Waals surface area contributed by atoms with Crippen molar-refractivity contribution in [2.45, 2.75) is 83.0 Å². The van der Waals surface area contributed by atoms with Gasteiger partial charge in [0.15, 0.2) is 0 Å². The maximum atomic E-state index is 13.0. The molecule has 4 heteroatoms. The van der Waals surface area contributed by atoms with Crippen LogP contribution in [0.15, 0.2) is 0 Å². The number of alkyl halides is 3. The Labute approximate surface area is 114 Å². The Kier molecular flexibility index (Phi) is 5.15. The van der Waals surface area contributed by atoms with E-state index in [-0.39, 0.29) is 6.04 Å². The van der Waals surface area contributed by atoms with E-state index in [1.54, 1.807) is 0 Å². The van der Waals surface area contributed by atoms with E-state index in [2.05, 4.69) is 12.2 Å². The Morgan fingerprint density at radius 2 is 1.74 bits per heavy atom. The van der Waals surface area contributed by atoms with Crippen molar-refractivity contribution >= 4 is 0 Å². The number of nitrogens with one attached hydrogen (secondary N) is 1. The first-order valence-corrected chi connectivity index (χ1v) is 7.83. The van der Waals surface area contributed by atoms with Gasteiger partial charge in [-0.3, -0.25) is 0 Å². The predicted molar refractivity (Wildman–Crippen MR) is 71.0 cm³/mol. The van der Waals surface area contributed by atoms with E-state index in [9.17, 15) is 13.2 Å². The van der Waals surface area contributed by atoms with E-state index < -0.39 is 12.1 Å². The fourth-order valence-electron chi connectivity index (χ4n) is 3.84. The molecule has 0 aliphatic heterocycles. The van der Waals surface area contributed by atoms with Crippen LogP contribution in [0.4, 0.5) is 13.2 Å². The lowest BCUT2D eigenvalue weighted by Gasteiger charge is -2.38. The van der Waals surface area contributed by atoms with Gasteiger partial charge < -0.3 is 5.32 Å². The summed E-state index contributed by atoms with van der Waals surface area (Å²) in [5.74, 6) is -0.414. The van der Waals surface area contributed by atoms with Crippen LogP contribution in [0.2, 0.25) is 0 Å². The molecule has 0 bridgehead atoms. The van der Waals surface area contributed by atoms with Crippen molar-refractivity contribution in [2.75, 3.05) is 0 Å². The van der Waals surface area contributed by atoms with E-state index in [0.717, 1.165) is 32.1 Å². The van der Waals surface area contributed by atoms with Crippen molar-refractivity contribution in [2.24, 2.45) is 11.8 Å². The molecule has 2 aliphatic carbocycles. The average molecular weight is 277 g/mol. The summed E-state index contributed by atoms with van der Waals surface area (Å²) in [7, 11) is 0. The van der Waals surface area contributed by atoms with Crippen molar-refractivity contribution in [1.82, 2.24) is 5.32 Å². The molecule has 0 aromatic rings. The topological polar surface area (TPSA) is 12.0 Å². The van der Waals surface area contributed by atoms with Crippen molar-refractivity contribution in [3.63, 3.8) is 0 Å². The molecule has 2 fully saturated rings. The largest absolute Gasteiger partial charge is 0.393 e. The van der Waals surface area contributed by atoms with Crippen LogP contribution < -0.4 is 5.32 Å². The van der Waals surface area contributed by atoms with Gasteiger partial charge >= 0.3 is 6.18 Å². The van der Waals surface area contributed by atoms with Crippen molar-refractivity contribution < 1.29 is 13.2 Å². The second-order valence-electron chi connectivity index (χ2n) is 6.34. The molecular weight excluding hydrogens is 251 g/mol. The first-order chi connectivity index (χ1) is 9.00. The Hall–Kier alpha value is -0.250. The Bertz CT molecular complexity index is 277. The minimum absolute atomic E-state index is 0.311. The zero-order valence-electron chi connectivity index (χ0n) is 11.8. The summed E-state index contributed by atoms with van der Waals surface area (Å²) in [4.78, 5) is 0. The van der Waals surface area contributed by atoms with Crippen LogP contribution in [0.25, 0.3) is 0 Å².